The van der Waals surface area contributed by atoms with Crippen LogP contribution in [0.1, 0.15) is 5.56 Å². The van der Waals surface area contributed by atoms with Gasteiger partial charge < -0.3 is 10.5 Å². The molecular weight excluding hydrogens is 336 g/mol. The van der Waals surface area contributed by atoms with Crippen LogP contribution in [0.2, 0.25) is 0 Å². The first-order chi connectivity index (χ1) is 9.65. The molecule has 0 atom stereocenters. The lowest BCUT2D eigenvalue weighted by atomic mass is 10.2. The largest absolute Gasteiger partial charge is 0.493 e. The number of nitrogens with one attached hydrogen (secondary N) is 1. The van der Waals surface area contributed by atoms with Crippen molar-refractivity contribution >= 4 is 33.5 Å². The van der Waals surface area contributed by atoms with E-state index in [2.05, 4.69) is 28.1 Å². The van der Waals surface area contributed by atoms with Gasteiger partial charge in [0, 0.05) is 20.7 Å². The van der Waals surface area contributed by atoms with Gasteiger partial charge in [0.05, 0.1) is 6.61 Å². The quantitative estimate of drug-likeness (QED) is 0.359. The molecule has 0 amide bonds. The van der Waals surface area contributed by atoms with E-state index >= 15 is 0 Å². The summed E-state index contributed by atoms with van der Waals surface area (Å²) in [7, 11) is 0. The highest BCUT2D eigenvalue weighted by Crippen LogP contribution is 2.20. The van der Waals surface area contributed by atoms with Crippen molar-refractivity contribution in [3.8, 4) is 5.75 Å². The van der Waals surface area contributed by atoms with Gasteiger partial charge in [-0.1, -0.05) is 15.9 Å². The van der Waals surface area contributed by atoms with Crippen LogP contribution in [0.5, 0.6) is 5.75 Å². The lowest BCUT2D eigenvalue weighted by Gasteiger charge is -2.07. The summed E-state index contributed by atoms with van der Waals surface area (Å²) in [6.45, 7) is 0.639. The van der Waals surface area contributed by atoms with E-state index in [1.54, 1.807) is 23.9 Å². The normalized spacial score (nSPS) is 10.2. The monoisotopic (exact) mass is 350 g/mol. The molecule has 2 aromatic rings. The van der Waals surface area contributed by atoms with Gasteiger partial charge in [-0.2, -0.15) is 0 Å². The van der Waals surface area contributed by atoms with Crippen molar-refractivity contribution in [2.75, 3.05) is 12.4 Å². The zero-order valence-corrected chi connectivity index (χ0v) is 13.2. The Kier molecular flexibility index (Phi) is 5.49. The molecule has 0 aliphatic carbocycles. The average molecular weight is 351 g/mol. The number of hydrogen-bond acceptors (Lipinski definition) is 3. The van der Waals surface area contributed by atoms with Crippen molar-refractivity contribution in [2.24, 2.45) is 5.73 Å². The third-order valence-corrected chi connectivity index (χ3v) is 4.10. The zero-order valence-electron chi connectivity index (χ0n) is 10.8. The average Bonchev–Trinajstić information content (AvgIpc) is 2.46. The molecule has 0 spiro atoms. The first-order valence-electron chi connectivity index (χ1n) is 6.11. The van der Waals surface area contributed by atoms with Crippen LogP contribution in [0.4, 0.5) is 0 Å². The van der Waals surface area contributed by atoms with Gasteiger partial charge in [0.15, 0.2) is 0 Å². The molecule has 0 bridgehead atoms. The predicted molar refractivity (Wildman–Crippen MR) is 87.8 cm³/mol. The van der Waals surface area contributed by atoms with Crippen LogP contribution in [0, 0.1) is 5.41 Å². The van der Waals surface area contributed by atoms with Gasteiger partial charge in [-0.15, -0.1) is 11.8 Å². The molecule has 0 radical (unpaired) electrons. The summed E-state index contributed by atoms with van der Waals surface area (Å²) in [6, 6.07) is 15.5. The second kappa shape index (κ2) is 7.36. The second-order valence-corrected chi connectivity index (χ2v) is 6.17. The van der Waals surface area contributed by atoms with Crippen molar-refractivity contribution in [3.63, 3.8) is 0 Å². The minimum atomic E-state index is 0.0716. The maximum Gasteiger partial charge on any atom is 0.122 e. The van der Waals surface area contributed by atoms with E-state index in [1.165, 1.54) is 4.90 Å². The van der Waals surface area contributed by atoms with E-state index in [0.29, 0.717) is 12.2 Å². The Labute approximate surface area is 131 Å². The molecular formula is C15H15BrN2OS. The molecule has 0 aliphatic heterocycles. The molecule has 5 heteroatoms. The lowest BCUT2D eigenvalue weighted by molar-refractivity contribution is 0.344. The van der Waals surface area contributed by atoms with Crippen LogP contribution in [0.3, 0.4) is 0 Å². The van der Waals surface area contributed by atoms with E-state index < -0.39 is 0 Å². The highest BCUT2D eigenvalue weighted by molar-refractivity contribution is 9.10. The number of ether oxygens (including phenoxy) is 1. The first kappa shape index (κ1) is 14.9. The van der Waals surface area contributed by atoms with E-state index in [4.69, 9.17) is 15.9 Å². The highest BCUT2D eigenvalue weighted by atomic mass is 79.9. The summed E-state index contributed by atoms with van der Waals surface area (Å²) in [4.78, 5) is 1.23. The van der Waals surface area contributed by atoms with Crippen LogP contribution in [-0.4, -0.2) is 18.2 Å². The van der Waals surface area contributed by atoms with Crippen molar-refractivity contribution in [3.05, 3.63) is 58.6 Å². The summed E-state index contributed by atoms with van der Waals surface area (Å²) < 4.78 is 6.73. The topological polar surface area (TPSA) is 59.1 Å². The van der Waals surface area contributed by atoms with Gasteiger partial charge in [0.25, 0.3) is 0 Å². The van der Waals surface area contributed by atoms with Gasteiger partial charge in [-0.25, -0.2) is 0 Å². The zero-order chi connectivity index (χ0) is 14.4. The molecule has 0 saturated carbocycles. The molecule has 2 rings (SSSR count). The summed E-state index contributed by atoms with van der Waals surface area (Å²) in [6.07, 6.45) is 0. The van der Waals surface area contributed by atoms with E-state index in [0.717, 1.165) is 16.0 Å². The van der Waals surface area contributed by atoms with Crippen LogP contribution in [-0.2, 0) is 0 Å². The summed E-state index contributed by atoms with van der Waals surface area (Å²) in [5, 5.41) is 7.31. The Hall–Kier alpha value is -1.46. The van der Waals surface area contributed by atoms with E-state index in [1.807, 2.05) is 24.3 Å². The summed E-state index contributed by atoms with van der Waals surface area (Å²) in [5.41, 5.74) is 6.11. The van der Waals surface area contributed by atoms with Gasteiger partial charge in [-0.05, 0) is 48.5 Å². The minimum absolute atomic E-state index is 0.0716. The Morgan fingerprint density at radius 1 is 1.10 bits per heavy atom. The van der Waals surface area contributed by atoms with Crippen molar-refractivity contribution in [2.45, 2.75) is 4.90 Å². The summed E-state index contributed by atoms with van der Waals surface area (Å²) in [5.74, 6) is 1.75. The Bertz CT molecular complexity index is 569. The van der Waals surface area contributed by atoms with E-state index in [-0.39, 0.29) is 5.84 Å². The van der Waals surface area contributed by atoms with Gasteiger partial charge >= 0.3 is 0 Å². The number of amidine groups is 1. The van der Waals surface area contributed by atoms with Gasteiger partial charge in [0.1, 0.15) is 11.6 Å². The maximum atomic E-state index is 7.31. The van der Waals surface area contributed by atoms with Crippen LogP contribution in [0.25, 0.3) is 0 Å². The number of rotatable bonds is 6. The minimum Gasteiger partial charge on any atom is -0.493 e. The van der Waals surface area contributed by atoms with Crippen LogP contribution < -0.4 is 10.5 Å². The Balaban J connectivity index is 1.75. The fraction of sp³-hybridized carbons (Fsp3) is 0.133. The number of hydrogen-bond donors (Lipinski definition) is 2. The van der Waals surface area contributed by atoms with Gasteiger partial charge in [-0.3, -0.25) is 5.41 Å². The molecule has 0 heterocycles. The third kappa shape index (κ3) is 4.58. The number of halogens is 1. The smallest absolute Gasteiger partial charge is 0.122 e. The Morgan fingerprint density at radius 3 is 2.35 bits per heavy atom. The fourth-order valence-electron chi connectivity index (χ4n) is 1.58. The van der Waals surface area contributed by atoms with Gasteiger partial charge in [0.2, 0.25) is 0 Å². The van der Waals surface area contributed by atoms with Crippen LogP contribution >= 0.6 is 27.7 Å². The first-order valence-corrected chi connectivity index (χ1v) is 7.88. The maximum absolute atomic E-state index is 7.31. The molecule has 3 nitrogen and oxygen atoms in total. The molecule has 3 N–H and O–H groups in total. The van der Waals surface area contributed by atoms with Crippen molar-refractivity contribution < 1.29 is 4.74 Å². The molecule has 2 aromatic carbocycles. The lowest BCUT2D eigenvalue weighted by Crippen LogP contribution is -2.10. The molecule has 0 fully saturated rings. The predicted octanol–water partition coefficient (Wildman–Crippen LogP) is 3.90. The summed E-state index contributed by atoms with van der Waals surface area (Å²) >= 11 is 5.17. The standard InChI is InChI=1S/C15H15BrN2OS/c16-12-3-7-14(8-4-12)20-10-9-19-13-5-1-11(2-6-13)15(17)18/h1-8H,9-10H2,(H3,17,18). The number of thioether (sulfide) groups is 1. The number of nitrogens with two attached hydrogens (primary N) is 1. The van der Waals surface area contributed by atoms with Crippen LogP contribution in [0.15, 0.2) is 57.9 Å². The van der Waals surface area contributed by atoms with E-state index in [9.17, 15) is 0 Å². The second-order valence-electron chi connectivity index (χ2n) is 4.09. The molecule has 20 heavy (non-hydrogen) atoms. The fourth-order valence-corrected chi connectivity index (χ4v) is 2.58. The molecule has 104 valence electrons. The molecule has 0 aliphatic rings. The number of benzene rings is 2. The highest BCUT2D eigenvalue weighted by Gasteiger charge is 1.99. The Morgan fingerprint density at radius 2 is 1.75 bits per heavy atom. The SMILES string of the molecule is N=C(N)c1ccc(OCCSc2ccc(Br)cc2)cc1. The third-order valence-electron chi connectivity index (χ3n) is 2.60. The number of nitrogen functional groups attached to an aromatic ring is 1. The molecule has 0 aromatic heterocycles. The molecule has 0 unspecified atom stereocenters. The molecule has 0 saturated heterocycles. The van der Waals surface area contributed by atoms with Crippen molar-refractivity contribution in [1.82, 2.24) is 0 Å². The van der Waals surface area contributed by atoms with Crippen molar-refractivity contribution in [1.29, 1.82) is 5.41 Å².